The molecule has 0 radical (unpaired) electrons. The summed E-state index contributed by atoms with van der Waals surface area (Å²) in [4.78, 5) is 15.2. The number of nitro benzene ring substituents is 1. The van der Waals surface area contributed by atoms with Gasteiger partial charge in [0.1, 0.15) is 28.9 Å². The Labute approximate surface area is 206 Å². The first kappa shape index (κ1) is 22.6. The minimum Gasteiger partial charge on any atom is -0.455 e. The summed E-state index contributed by atoms with van der Waals surface area (Å²) >= 11 is 0. The van der Waals surface area contributed by atoms with Gasteiger partial charge in [0.05, 0.1) is 11.1 Å². The number of hydrogen-bond donors (Lipinski definition) is 0. The molecule has 0 fully saturated rings. The van der Waals surface area contributed by atoms with Gasteiger partial charge in [0, 0.05) is 28.8 Å². The largest absolute Gasteiger partial charge is 0.455 e. The number of hydrogen-bond acceptors (Lipinski definition) is 6. The van der Waals surface area contributed by atoms with E-state index < -0.39 is 4.92 Å². The molecule has 36 heavy (non-hydrogen) atoms. The number of furan rings is 2. The van der Waals surface area contributed by atoms with E-state index in [9.17, 15) is 15.4 Å². The van der Waals surface area contributed by atoms with E-state index in [-0.39, 0.29) is 11.6 Å². The fraction of sp³-hybridized carbons (Fsp3) is 0.0345. The first-order chi connectivity index (χ1) is 17.5. The Morgan fingerprint density at radius 2 is 1.61 bits per heavy atom. The Bertz CT molecular complexity index is 1620. The summed E-state index contributed by atoms with van der Waals surface area (Å²) < 4.78 is 12.0. The second kappa shape index (κ2) is 9.57. The SMILES string of the molecule is Cc1ccc([N+](=O)[O-])cc1-c1ccc(C=Nc2oc(-c3ccccc3)c(-c3ccccc3)c2C#N)o1. The van der Waals surface area contributed by atoms with Gasteiger partial charge < -0.3 is 8.83 Å². The van der Waals surface area contributed by atoms with Crippen LogP contribution in [0.1, 0.15) is 16.9 Å². The lowest BCUT2D eigenvalue weighted by atomic mass is 9.98. The van der Waals surface area contributed by atoms with Gasteiger partial charge in [-0.25, -0.2) is 4.99 Å². The molecule has 2 aromatic heterocycles. The summed E-state index contributed by atoms with van der Waals surface area (Å²) in [5, 5.41) is 21.2. The van der Waals surface area contributed by atoms with Crippen molar-refractivity contribution < 1.29 is 13.8 Å². The summed E-state index contributed by atoms with van der Waals surface area (Å²) in [6.45, 7) is 1.85. The number of aliphatic imine (C=N–C) groups is 1. The average molecular weight is 473 g/mol. The van der Waals surface area contributed by atoms with Gasteiger partial charge >= 0.3 is 0 Å². The number of aryl methyl sites for hydroxylation is 1. The molecule has 2 heterocycles. The lowest BCUT2D eigenvalue weighted by Crippen LogP contribution is -1.90. The molecule has 7 nitrogen and oxygen atoms in total. The minimum atomic E-state index is -0.441. The molecule has 7 heteroatoms. The van der Waals surface area contributed by atoms with Crippen molar-refractivity contribution in [2.75, 3.05) is 0 Å². The van der Waals surface area contributed by atoms with E-state index in [1.54, 1.807) is 18.2 Å². The number of nitriles is 1. The van der Waals surface area contributed by atoms with Crippen molar-refractivity contribution in [1.82, 2.24) is 0 Å². The van der Waals surface area contributed by atoms with Crippen LogP contribution >= 0.6 is 0 Å². The van der Waals surface area contributed by atoms with Crippen LogP contribution in [0.15, 0.2) is 105 Å². The maximum absolute atomic E-state index is 11.2. The second-order valence-corrected chi connectivity index (χ2v) is 8.05. The molecule has 0 aliphatic carbocycles. The highest BCUT2D eigenvalue weighted by molar-refractivity contribution is 5.89. The van der Waals surface area contributed by atoms with Crippen LogP contribution in [0, 0.1) is 28.4 Å². The van der Waals surface area contributed by atoms with E-state index in [1.807, 2.05) is 67.6 Å². The lowest BCUT2D eigenvalue weighted by Gasteiger charge is -2.03. The Hall–Kier alpha value is -5.22. The monoisotopic (exact) mass is 473 g/mol. The molecule has 5 rings (SSSR count). The molecule has 0 N–H and O–H groups in total. The first-order valence-electron chi connectivity index (χ1n) is 11.1. The Balaban J connectivity index is 1.55. The molecule has 3 aromatic carbocycles. The van der Waals surface area contributed by atoms with Gasteiger partial charge in [-0.1, -0.05) is 66.7 Å². The van der Waals surface area contributed by atoms with Gasteiger partial charge in [0.15, 0.2) is 0 Å². The molecule has 0 bridgehead atoms. The third kappa shape index (κ3) is 4.31. The number of rotatable bonds is 6. The Kier molecular flexibility index (Phi) is 6.00. The van der Waals surface area contributed by atoms with Crippen molar-refractivity contribution in [3.8, 4) is 39.8 Å². The van der Waals surface area contributed by atoms with Crippen LogP contribution in [0.4, 0.5) is 11.6 Å². The topological polar surface area (TPSA) is 106 Å². The number of nitro groups is 1. The van der Waals surface area contributed by atoms with E-state index in [0.717, 1.165) is 16.7 Å². The molecule has 0 atom stereocenters. The predicted molar refractivity (Wildman–Crippen MR) is 137 cm³/mol. The van der Waals surface area contributed by atoms with Gasteiger partial charge in [-0.2, -0.15) is 5.26 Å². The average Bonchev–Trinajstić information content (AvgIpc) is 3.53. The zero-order chi connectivity index (χ0) is 25.1. The van der Waals surface area contributed by atoms with Crippen LogP contribution in [0.5, 0.6) is 0 Å². The van der Waals surface area contributed by atoms with E-state index >= 15 is 0 Å². The van der Waals surface area contributed by atoms with E-state index in [1.165, 1.54) is 18.3 Å². The number of benzene rings is 3. The van der Waals surface area contributed by atoms with Gasteiger partial charge in [0.2, 0.25) is 5.88 Å². The van der Waals surface area contributed by atoms with Crippen molar-refractivity contribution in [3.05, 3.63) is 118 Å². The summed E-state index contributed by atoms with van der Waals surface area (Å²) in [5.74, 6) is 1.61. The third-order valence-corrected chi connectivity index (χ3v) is 5.73. The zero-order valence-corrected chi connectivity index (χ0v) is 19.2. The molecule has 174 valence electrons. The van der Waals surface area contributed by atoms with Crippen LogP contribution in [0.2, 0.25) is 0 Å². The summed E-state index contributed by atoms with van der Waals surface area (Å²) in [6, 6.07) is 29.4. The van der Waals surface area contributed by atoms with Gasteiger partial charge in [-0.05, 0) is 30.2 Å². The fourth-order valence-electron chi connectivity index (χ4n) is 3.97. The van der Waals surface area contributed by atoms with E-state index in [0.29, 0.717) is 34.0 Å². The molecule has 0 unspecified atom stereocenters. The van der Waals surface area contributed by atoms with Crippen LogP contribution in [0.25, 0.3) is 33.8 Å². The fourth-order valence-corrected chi connectivity index (χ4v) is 3.97. The molecular weight excluding hydrogens is 454 g/mol. The van der Waals surface area contributed by atoms with E-state index in [2.05, 4.69) is 11.1 Å². The zero-order valence-electron chi connectivity index (χ0n) is 19.2. The lowest BCUT2D eigenvalue weighted by molar-refractivity contribution is -0.384. The normalized spacial score (nSPS) is 11.0. The molecule has 0 aliphatic heterocycles. The second-order valence-electron chi connectivity index (χ2n) is 8.05. The molecule has 5 aromatic rings. The molecule has 0 saturated heterocycles. The molecular formula is C29H19N3O4. The maximum atomic E-state index is 11.2. The van der Waals surface area contributed by atoms with Crippen LogP contribution in [0.3, 0.4) is 0 Å². The van der Waals surface area contributed by atoms with Crippen molar-refractivity contribution in [1.29, 1.82) is 5.26 Å². The van der Waals surface area contributed by atoms with Crippen LogP contribution in [-0.2, 0) is 0 Å². The number of non-ortho nitro benzene ring substituents is 1. The molecule has 0 aliphatic rings. The minimum absolute atomic E-state index is 0.0154. The highest BCUT2D eigenvalue weighted by Crippen LogP contribution is 2.42. The highest BCUT2D eigenvalue weighted by atomic mass is 16.6. The van der Waals surface area contributed by atoms with Gasteiger partial charge in [-0.3, -0.25) is 10.1 Å². The molecule has 0 saturated carbocycles. The smallest absolute Gasteiger partial charge is 0.270 e. The van der Waals surface area contributed by atoms with Gasteiger partial charge in [0.25, 0.3) is 5.69 Å². The standard InChI is InChI=1S/C29H19N3O4/c1-19-12-13-22(32(33)34)16-24(19)26-15-14-23(35-26)18-31-29-25(17-30)27(20-8-4-2-5-9-20)28(36-29)21-10-6-3-7-11-21/h2-16,18H,1H3. The predicted octanol–water partition coefficient (Wildman–Crippen LogP) is 7.71. The van der Waals surface area contributed by atoms with Crippen molar-refractivity contribution in [2.24, 2.45) is 4.99 Å². The van der Waals surface area contributed by atoms with Crippen molar-refractivity contribution >= 4 is 17.8 Å². The molecule has 0 amide bonds. The van der Waals surface area contributed by atoms with Gasteiger partial charge in [-0.15, -0.1) is 0 Å². The third-order valence-electron chi connectivity index (χ3n) is 5.73. The Morgan fingerprint density at radius 3 is 2.28 bits per heavy atom. The maximum Gasteiger partial charge on any atom is 0.270 e. The van der Waals surface area contributed by atoms with Crippen LogP contribution < -0.4 is 0 Å². The van der Waals surface area contributed by atoms with Crippen molar-refractivity contribution in [3.63, 3.8) is 0 Å². The quantitative estimate of drug-likeness (QED) is 0.143. The van der Waals surface area contributed by atoms with Crippen molar-refractivity contribution in [2.45, 2.75) is 6.92 Å². The first-order valence-corrected chi connectivity index (χ1v) is 11.1. The van der Waals surface area contributed by atoms with Crippen LogP contribution in [-0.4, -0.2) is 11.1 Å². The number of nitrogens with zero attached hydrogens (tertiary/aromatic N) is 3. The highest BCUT2D eigenvalue weighted by Gasteiger charge is 2.22. The summed E-state index contributed by atoms with van der Waals surface area (Å²) in [5.41, 5.74) is 4.11. The molecule has 0 spiro atoms. The Morgan fingerprint density at radius 1 is 0.917 bits per heavy atom. The summed E-state index contributed by atoms with van der Waals surface area (Å²) in [6.07, 6.45) is 1.47. The summed E-state index contributed by atoms with van der Waals surface area (Å²) in [7, 11) is 0. The van der Waals surface area contributed by atoms with E-state index in [4.69, 9.17) is 8.83 Å².